The van der Waals surface area contributed by atoms with Crippen LogP contribution in [-0.2, 0) is 19.1 Å². The lowest BCUT2D eigenvalue weighted by Crippen LogP contribution is -2.40. The molecule has 1 aliphatic carbocycles. The number of carbonyl (C=O) groups is 7. The number of Topliss-reactive ketones (excluding diaryl/α,β-unsaturated/α-hetero) is 4. The fourth-order valence-electron chi connectivity index (χ4n) is 5.24. The lowest BCUT2D eigenvalue weighted by Gasteiger charge is -2.25. The molecule has 0 fully saturated rings. The molecule has 53 heavy (non-hydrogen) atoms. The van der Waals surface area contributed by atoms with E-state index < -0.39 is 58.5 Å². The summed E-state index contributed by atoms with van der Waals surface area (Å²) in [4.78, 5) is 82.0. The van der Waals surface area contributed by atoms with Gasteiger partial charge in [0.15, 0.2) is 5.92 Å². The summed E-state index contributed by atoms with van der Waals surface area (Å²) in [5, 5.41) is 18.6. The van der Waals surface area contributed by atoms with Crippen molar-refractivity contribution in [2.24, 2.45) is 11.8 Å². The van der Waals surface area contributed by atoms with Crippen LogP contribution in [0, 0.1) is 11.8 Å². The van der Waals surface area contributed by atoms with E-state index in [4.69, 9.17) is 4.74 Å². The second kappa shape index (κ2) is 19.9. The summed E-state index contributed by atoms with van der Waals surface area (Å²) in [5.74, 6) is -8.61. The fraction of sp³-hybridized carbons (Fsp3) is 0.233. The zero-order valence-corrected chi connectivity index (χ0v) is 29.8. The molecule has 0 radical (unpaired) electrons. The van der Waals surface area contributed by atoms with E-state index in [1.54, 1.807) is 118 Å². The molecule has 4 aromatic carbocycles. The van der Waals surface area contributed by atoms with Gasteiger partial charge in [-0.2, -0.15) is 0 Å². The molecule has 0 amide bonds. The van der Waals surface area contributed by atoms with E-state index in [1.165, 1.54) is 0 Å². The minimum atomic E-state index is -1.69. The molecular weight excluding hydrogens is 676 g/mol. The number of rotatable bonds is 12. The first-order valence-corrected chi connectivity index (χ1v) is 16.9. The number of esters is 1. The van der Waals surface area contributed by atoms with Gasteiger partial charge in [-0.15, -0.1) is 0 Å². The summed E-state index contributed by atoms with van der Waals surface area (Å²) in [6.07, 6.45) is 4.55. The van der Waals surface area contributed by atoms with Crippen LogP contribution in [0.4, 0.5) is 0 Å². The number of carboxylic acid groups (broad SMARTS) is 2. The van der Waals surface area contributed by atoms with Crippen molar-refractivity contribution < 1.29 is 48.5 Å². The maximum absolute atomic E-state index is 12.0. The van der Waals surface area contributed by atoms with E-state index in [-0.39, 0.29) is 6.42 Å². The molecule has 1 aliphatic rings. The monoisotopic (exact) mass is 718 g/mol. The Morgan fingerprint density at radius 2 is 0.906 bits per heavy atom. The quantitative estimate of drug-likeness (QED) is 0.0486. The first-order valence-electron chi connectivity index (χ1n) is 16.9. The molecule has 10 nitrogen and oxygen atoms in total. The van der Waals surface area contributed by atoms with Gasteiger partial charge in [0.1, 0.15) is 5.60 Å². The maximum Gasteiger partial charge on any atom is 0.321 e. The van der Waals surface area contributed by atoms with Crippen molar-refractivity contribution in [1.29, 1.82) is 0 Å². The molecular formula is C43H42O10. The average molecular weight is 719 g/mol. The second-order valence-electron chi connectivity index (χ2n) is 13.0. The molecule has 10 heteroatoms. The third-order valence-corrected chi connectivity index (χ3v) is 7.82. The van der Waals surface area contributed by atoms with Crippen molar-refractivity contribution in [3.8, 4) is 0 Å². The number of benzene rings is 4. The minimum absolute atomic E-state index is 0.0749. The second-order valence-corrected chi connectivity index (χ2v) is 13.0. The Hall–Kier alpha value is -6.29. The molecule has 0 heterocycles. The number of carboxylic acids is 2. The smallest absolute Gasteiger partial charge is 0.321 e. The summed E-state index contributed by atoms with van der Waals surface area (Å²) >= 11 is 0. The van der Waals surface area contributed by atoms with Crippen LogP contribution in [0.3, 0.4) is 0 Å². The van der Waals surface area contributed by atoms with Crippen LogP contribution in [0.15, 0.2) is 133 Å². The van der Waals surface area contributed by atoms with Crippen LogP contribution >= 0.6 is 0 Å². The van der Waals surface area contributed by atoms with Crippen molar-refractivity contribution in [3.63, 3.8) is 0 Å². The Morgan fingerprint density at radius 1 is 0.566 bits per heavy atom. The van der Waals surface area contributed by atoms with Crippen LogP contribution < -0.4 is 0 Å². The van der Waals surface area contributed by atoms with Gasteiger partial charge >= 0.3 is 17.9 Å². The zero-order valence-electron chi connectivity index (χ0n) is 29.8. The van der Waals surface area contributed by atoms with E-state index in [0.717, 1.165) is 24.8 Å². The van der Waals surface area contributed by atoms with Gasteiger partial charge in [0, 0.05) is 22.3 Å². The predicted octanol–water partition coefficient (Wildman–Crippen LogP) is 7.73. The Balaban J connectivity index is 0.000000217. The first kappa shape index (κ1) is 41.1. The van der Waals surface area contributed by atoms with Crippen LogP contribution in [0.25, 0.3) is 0 Å². The Bertz CT molecular complexity index is 1710. The highest BCUT2D eigenvalue weighted by molar-refractivity contribution is 6.49. The Morgan fingerprint density at radius 3 is 1.15 bits per heavy atom. The van der Waals surface area contributed by atoms with Gasteiger partial charge in [-0.25, -0.2) is 0 Å². The average Bonchev–Trinajstić information content (AvgIpc) is 3.68. The van der Waals surface area contributed by atoms with E-state index in [2.05, 4.69) is 0 Å². The molecule has 0 unspecified atom stereocenters. The standard InChI is InChI=1S/C15H22O6.2C14H10O2/c1-15(2,3)21-14(20)11(13(18)19)10(12(16)17)8-9-6-4-5-7-9;2*15-13(11-7-3-1-4-8-11)14(16)12-9-5-2-6-10-12/h6,10-11H,4-5,7-8H2,1-3H3,(H,16,17)(H,18,19);2*1-10H/t10-,11+;;/m1../s1. The number of carbonyl (C=O) groups excluding carboxylic acids is 5. The van der Waals surface area contributed by atoms with Crippen molar-refractivity contribution in [2.45, 2.75) is 52.1 Å². The van der Waals surface area contributed by atoms with Gasteiger partial charge in [-0.3, -0.25) is 33.6 Å². The Labute approximate surface area is 308 Å². The lowest BCUT2D eigenvalue weighted by atomic mass is 9.86. The van der Waals surface area contributed by atoms with Gasteiger partial charge in [-0.1, -0.05) is 133 Å². The number of ketones is 4. The fourth-order valence-corrected chi connectivity index (χ4v) is 5.24. The van der Waals surface area contributed by atoms with Gasteiger partial charge in [0.05, 0.1) is 5.92 Å². The van der Waals surface area contributed by atoms with Gasteiger partial charge in [0.25, 0.3) is 0 Å². The molecule has 0 saturated heterocycles. The first-order chi connectivity index (χ1) is 25.2. The highest BCUT2D eigenvalue weighted by Gasteiger charge is 2.42. The highest BCUT2D eigenvalue weighted by atomic mass is 16.6. The summed E-state index contributed by atoms with van der Waals surface area (Å²) in [5.41, 5.74) is 1.75. The topological polar surface area (TPSA) is 169 Å². The molecule has 0 bridgehead atoms. The summed E-state index contributed by atoms with van der Waals surface area (Å²) < 4.78 is 5.05. The van der Waals surface area contributed by atoms with Gasteiger partial charge in [0.2, 0.25) is 23.1 Å². The molecule has 274 valence electrons. The van der Waals surface area contributed by atoms with E-state index >= 15 is 0 Å². The van der Waals surface area contributed by atoms with Crippen LogP contribution in [0.1, 0.15) is 87.9 Å². The molecule has 0 aliphatic heterocycles. The van der Waals surface area contributed by atoms with Crippen molar-refractivity contribution in [2.75, 3.05) is 0 Å². The van der Waals surface area contributed by atoms with Gasteiger partial charge < -0.3 is 14.9 Å². The summed E-state index contributed by atoms with van der Waals surface area (Å²) in [7, 11) is 0. The molecule has 0 aromatic heterocycles. The SMILES string of the molecule is CC(C)(C)OC(=O)[C@H](C(=O)O)[C@@H](CC1=CCCC1)C(=O)O.O=C(C(=O)c1ccccc1)c1ccccc1.O=C(C(=O)c1ccccc1)c1ccccc1. The van der Waals surface area contributed by atoms with Gasteiger partial charge in [-0.05, 0) is 46.5 Å². The molecule has 2 atom stereocenters. The van der Waals surface area contributed by atoms with Crippen molar-refractivity contribution in [3.05, 3.63) is 155 Å². The summed E-state index contributed by atoms with van der Waals surface area (Å²) in [6, 6.07) is 34.3. The maximum atomic E-state index is 12.0. The normalized spacial score (nSPS) is 12.9. The minimum Gasteiger partial charge on any atom is -0.481 e. The van der Waals surface area contributed by atoms with E-state index in [0.29, 0.717) is 22.3 Å². The molecule has 2 N–H and O–H groups in total. The van der Waals surface area contributed by atoms with Crippen LogP contribution in [0.5, 0.6) is 0 Å². The zero-order chi connectivity index (χ0) is 39.0. The predicted molar refractivity (Wildman–Crippen MR) is 198 cm³/mol. The largest absolute Gasteiger partial charge is 0.481 e. The molecule has 0 saturated carbocycles. The third kappa shape index (κ3) is 13.1. The molecule has 4 aromatic rings. The van der Waals surface area contributed by atoms with Crippen LogP contribution in [-0.4, -0.2) is 56.9 Å². The van der Waals surface area contributed by atoms with E-state index in [1.807, 2.05) is 30.3 Å². The Kier molecular flexibility index (Phi) is 15.5. The van der Waals surface area contributed by atoms with Crippen LogP contribution in [0.2, 0.25) is 0 Å². The number of hydrogen-bond acceptors (Lipinski definition) is 8. The molecule has 0 spiro atoms. The third-order valence-electron chi connectivity index (χ3n) is 7.82. The number of allylic oxidation sites excluding steroid dienone is 2. The molecule has 5 rings (SSSR count). The number of hydrogen-bond donors (Lipinski definition) is 2. The lowest BCUT2D eigenvalue weighted by molar-refractivity contribution is -0.173. The van der Waals surface area contributed by atoms with Crippen molar-refractivity contribution in [1.82, 2.24) is 0 Å². The number of aliphatic carboxylic acids is 2. The van der Waals surface area contributed by atoms with E-state index in [9.17, 15) is 43.8 Å². The summed E-state index contributed by atoms with van der Waals surface area (Å²) in [6.45, 7) is 4.83. The highest BCUT2D eigenvalue weighted by Crippen LogP contribution is 2.30. The van der Waals surface area contributed by atoms with Crippen molar-refractivity contribution >= 4 is 41.0 Å². The number of ether oxygens (including phenoxy) is 1.